The first-order chi connectivity index (χ1) is 13.6. The van der Waals surface area contributed by atoms with Crippen LogP contribution in [-0.2, 0) is 18.1 Å². The Kier molecular flexibility index (Phi) is 7.15. The van der Waals surface area contributed by atoms with Crippen LogP contribution < -0.4 is 9.80 Å². The largest absolute Gasteiger partial charge is 0.351 e. The van der Waals surface area contributed by atoms with Crippen LogP contribution >= 0.6 is 16.8 Å². The number of benzene rings is 1. The summed E-state index contributed by atoms with van der Waals surface area (Å²) >= 11 is 0. The van der Waals surface area contributed by atoms with E-state index in [1.807, 2.05) is 38.6 Å². The number of para-hydroxylation sites is 2. The lowest BCUT2D eigenvalue weighted by Gasteiger charge is -2.38. The molecule has 0 aromatic heterocycles. The van der Waals surface area contributed by atoms with E-state index < -0.39 is 16.8 Å². The van der Waals surface area contributed by atoms with Gasteiger partial charge in [0.1, 0.15) is 0 Å². The summed E-state index contributed by atoms with van der Waals surface area (Å²) in [7, 11) is 8.54. The summed E-state index contributed by atoms with van der Waals surface area (Å²) in [5.74, 6) is -0.111. The fourth-order valence-electron chi connectivity index (χ4n) is 3.39. The summed E-state index contributed by atoms with van der Waals surface area (Å²) in [5.41, 5.74) is 2.11. The fraction of sp³-hybridized carbons (Fsp3) is 0.444. The predicted octanol–water partition coefficient (Wildman–Crippen LogP) is 3.91. The Balaban J connectivity index is 1.99. The fourth-order valence-corrected chi connectivity index (χ4v) is 6.00. The summed E-state index contributed by atoms with van der Waals surface area (Å²) in [5, 5.41) is 0. The zero-order valence-corrected chi connectivity index (χ0v) is 18.9. The molecule has 0 radical (unpaired) electrons. The molecule has 0 saturated carbocycles. The van der Waals surface area contributed by atoms with Crippen molar-refractivity contribution in [2.45, 2.75) is 11.8 Å². The normalized spacial score (nSPS) is 21.9. The maximum absolute atomic E-state index is 5.63. The topological polar surface area (TPSA) is 49.9 Å². The van der Waals surface area contributed by atoms with Crippen molar-refractivity contribution in [2.75, 3.05) is 52.3 Å². The van der Waals surface area contributed by atoms with Crippen molar-refractivity contribution in [1.82, 2.24) is 9.80 Å². The van der Waals surface area contributed by atoms with E-state index in [2.05, 4.69) is 44.1 Å². The van der Waals surface area contributed by atoms with Gasteiger partial charge in [0.15, 0.2) is 11.8 Å². The molecule has 0 aliphatic carbocycles. The standard InChI is InChI=1S/C18H28N4O4P2/c1-19-11-13-21(17(19)27(23-3)24-4)15-9-7-8-10-16(15)22-14-12-20(2)18(22)28(25-5)26-6/h7-14,17-18H,1-6H3. The highest BCUT2D eigenvalue weighted by atomic mass is 31.2. The summed E-state index contributed by atoms with van der Waals surface area (Å²) < 4.78 is 22.5. The Hall–Kier alpha value is -1.40. The minimum Gasteiger partial charge on any atom is -0.351 e. The van der Waals surface area contributed by atoms with Crippen LogP contribution in [0.1, 0.15) is 0 Å². The van der Waals surface area contributed by atoms with Crippen LogP contribution in [0.3, 0.4) is 0 Å². The van der Waals surface area contributed by atoms with Gasteiger partial charge < -0.3 is 37.7 Å². The van der Waals surface area contributed by atoms with Gasteiger partial charge >= 0.3 is 0 Å². The van der Waals surface area contributed by atoms with E-state index in [-0.39, 0.29) is 11.8 Å². The monoisotopic (exact) mass is 426 g/mol. The lowest BCUT2D eigenvalue weighted by Crippen LogP contribution is -2.39. The van der Waals surface area contributed by atoms with Crippen LogP contribution in [0.4, 0.5) is 11.4 Å². The summed E-state index contributed by atoms with van der Waals surface area (Å²) in [4.78, 5) is 8.60. The lowest BCUT2D eigenvalue weighted by atomic mass is 10.2. The minimum absolute atomic E-state index is 0.0553. The molecule has 2 unspecified atom stereocenters. The van der Waals surface area contributed by atoms with E-state index in [9.17, 15) is 0 Å². The molecule has 8 nitrogen and oxygen atoms in total. The van der Waals surface area contributed by atoms with E-state index in [0.717, 1.165) is 11.4 Å². The van der Waals surface area contributed by atoms with Gasteiger partial charge in [-0.25, -0.2) is 0 Å². The molecule has 2 atom stereocenters. The SMILES string of the molecule is COP(OC)C1N(C)C=CN1c1ccccc1N1C=CN(C)C1P(OC)OC. The zero-order chi connectivity index (χ0) is 20.3. The molecule has 10 heteroatoms. The minimum atomic E-state index is -1.13. The summed E-state index contributed by atoms with van der Waals surface area (Å²) in [6.45, 7) is 0. The number of rotatable bonds is 8. The van der Waals surface area contributed by atoms with E-state index in [1.54, 1.807) is 28.4 Å². The van der Waals surface area contributed by atoms with E-state index >= 15 is 0 Å². The maximum atomic E-state index is 5.63. The number of hydrogen-bond donors (Lipinski definition) is 0. The molecular formula is C18H28N4O4P2. The third-order valence-corrected chi connectivity index (χ3v) is 8.11. The first kappa shape index (κ1) is 21.3. The quantitative estimate of drug-likeness (QED) is 0.580. The Labute approximate surface area is 169 Å². The Morgan fingerprint density at radius 1 is 0.643 bits per heavy atom. The molecule has 0 fully saturated rings. The van der Waals surface area contributed by atoms with Crippen LogP contribution in [0.5, 0.6) is 0 Å². The van der Waals surface area contributed by atoms with E-state index in [4.69, 9.17) is 18.1 Å². The first-order valence-corrected chi connectivity index (χ1v) is 11.3. The molecule has 154 valence electrons. The molecule has 1 aromatic carbocycles. The first-order valence-electron chi connectivity index (χ1n) is 8.78. The molecule has 28 heavy (non-hydrogen) atoms. The van der Waals surface area contributed by atoms with Gasteiger partial charge in [-0.3, -0.25) is 0 Å². The van der Waals surface area contributed by atoms with Crippen molar-refractivity contribution in [3.63, 3.8) is 0 Å². The van der Waals surface area contributed by atoms with Crippen molar-refractivity contribution < 1.29 is 18.1 Å². The van der Waals surface area contributed by atoms with Crippen LogP contribution in [0, 0.1) is 0 Å². The highest BCUT2D eigenvalue weighted by Gasteiger charge is 2.39. The molecule has 0 saturated heterocycles. The zero-order valence-electron chi connectivity index (χ0n) is 17.1. The molecule has 2 aliphatic heterocycles. The Morgan fingerprint density at radius 3 is 1.32 bits per heavy atom. The second-order valence-corrected chi connectivity index (χ2v) is 9.75. The molecule has 0 spiro atoms. The van der Waals surface area contributed by atoms with Crippen molar-refractivity contribution in [2.24, 2.45) is 0 Å². The third kappa shape index (κ3) is 3.86. The van der Waals surface area contributed by atoms with Gasteiger partial charge in [-0.15, -0.1) is 0 Å². The molecule has 0 amide bonds. The van der Waals surface area contributed by atoms with Crippen LogP contribution in [0.15, 0.2) is 49.1 Å². The van der Waals surface area contributed by atoms with Crippen LogP contribution in [-0.4, -0.2) is 64.1 Å². The Bertz CT molecular complexity index is 656. The highest BCUT2D eigenvalue weighted by molar-refractivity contribution is 7.48. The van der Waals surface area contributed by atoms with Gasteiger partial charge in [-0.05, 0) is 12.1 Å². The second-order valence-electron chi connectivity index (χ2n) is 6.22. The van der Waals surface area contributed by atoms with E-state index in [0.29, 0.717) is 0 Å². The van der Waals surface area contributed by atoms with Crippen molar-refractivity contribution in [3.8, 4) is 0 Å². The maximum Gasteiger partial charge on any atom is 0.217 e. The third-order valence-electron chi connectivity index (χ3n) is 4.69. The van der Waals surface area contributed by atoms with E-state index in [1.165, 1.54) is 0 Å². The molecule has 3 rings (SSSR count). The van der Waals surface area contributed by atoms with Gasteiger partial charge in [-0.1, -0.05) is 12.1 Å². The van der Waals surface area contributed by atoms with Crippen LogP contribution in [0.25, 0.3) is 0 Å². The van der Waals surface area contributed by atoms with Gasteiger partial charge in [0.05, 0.1) is 11.4 Å². The average molecular weight is 426 g/mol. The molecule has 2 aliphatic rings. The second kappa shape index (κ2) is 9.40. The lowest BCUT2D eigenvalue weighted by molar-refractivity contribution is 0.298. The number of anilines is 2. The molecule has 0 bridgehead atoms. The highest BCUT2D eigenvalue weighted by Crippen LogP contribution is 2.52. The summed E-state index contributed by atoms with van der Waals surface area (Å²) in [6.07, 6.45) is 8.20. The smallest absolute Gasteiger partial charge is 0.217 e. The number of hydrogen-bond acceptors (Lipinski definition) is 8. The van der Waals surface area contributed by atoms with Crippen molar-refractivity contribution in [1.29, 1.82) is 0 Å². The summed E-state index contributed by atoms with van der Waals surface area (Å²) in [6, 6.07) is 8.29. The molecule has 2 heterocycles. The average Bonchev–Trinajstić information content (AvgIpc) is 3.28. The Morgan fingerprint density at radius 2 is 1.00 bits per heavy atom. The van der Waals surface area contributed by atoms with Crippen molar-refractivity contribution >= 4 is 28.1 Å². The van der Waals surface area contributed by atoms with Crippen LogP contribution in [0.2, 0.25) is 0 Å². The predicted molar refractivity (Wildman–Crippen MR) is 115 cm³/mol. The molecule has 1 aromatic rings. The van der Waals surface area contributed by atoms with Gasteiger partial charge in [0, 0.05) is 67.3 Å². The molecular weight excluding hydrogens is 398 g/mol. The van der Waals surface area contributed by atoms with Gasteiger partial charge in [-0.2, -0.15) is 0 Å². The molecule has 0 N–H and O–H groups in total. The van der Waals surface area contributed by atoms with Gasteiger partial charge in [0.2, 0.25) is 16.8 Å². The van der Waals surface area contributed by atoms with Crippen molar-refractivity contribution in [3.05, 3.63) is 49.1 Å². The van der Waals surface area contributed by atoms with Gasteiger partial charge in [0.25, 0.3) is 0 Å². The number of nitrogens with zero attached hydrogens (tertiary/aromatic N) is 4.